The van der Waals surface area contributed by atoms with Gasteiger partial charge in [-0.3, -0.25) is 4.79 Å². The third-order valence-corrected chi connectivity index (χ3v) is 3.43. The summed E-state index contributed by atoms with van der Waals surface area (Å²) >= 11 is 0. The molecule has 0 aromatic carbocycles. The molecule has 0 aromatic rings. The fourth-order valence-corrected chi connectivity index (χ4v) is 2.19. The van der Waals surface area contributed by atoms with Gasteiger partial charge in [0.05, 0.1) is 0 Å². The number of carbonyl (C=O) groups excluding carboxylic acids is 1. The first kappa shape index (κ1) is 15.7. The molecule has 0 bridgehead atoms. The smallest absolute Gasteiger partial charge is 0.220 e. The number of hydrogen-bond acceptors (Lipinski definition) is 2. The molecule has 3 N–H and O–H groups in total. The number of rotatable bonds is 4. The highest BCUT2D eigenvalue weighted by Gasteiger charge is 2.30. The van der Waals surface area contributed by atoms with E-state index in [-0.39, 0.29) is 23.9 Å². The van der Waals surface area contributed by atoms with Gasteiger partial charge in [0.2, 0.25) is 5.91 Å². The molecule has 0 radical (unpaired) electrons. The van der Waals surface area contributed by atoms with E-state index in [2.05, 4.69) is 19.2 Å². The van der Waals surface area contributed by atoms with Gasteiger partial charge in [0.1, 0.15) is 0 Å². The van der Waals surface area contributed by atoms with Crippen LogP contribution in [0.5, 0.6) is 0 Å². The number of hydrogen-bond donors (Lipinski definition) is 2. The third-order valence-electron chi connectivity index (χ3n) is 3.43. The van der Waals surface area contributed by atoms with E-state index in [0.29, 0.717) is 13.0 Å². The Morgan fingerprint density at radius 2 is 2.00 bits per heavy atom. The lowest BCUT2D eigenvalue weighted by Gasteiger charge is -2.37. The molecule has 1 aliphatic carbocycles. The van der Waals surface area contributed by atoms with Gasteiger partial charge in [-0.15, -0.1) is 12.4 Å². The van der Waals surface area contributed by atoms with Crippen LogP contribution in [0.15, 0.2) is 0 Å². The fourth-order valence-electron chi connectivity index (χ4n) is 2.19. The van der Waals surface area contributed by atoms with Crippen molar-refractivity contribution in [2.45, 2.75) is 57.9 Å². The van der Waals surface area contributed by atoms with Gasteiger partial charge in [0, 0.05) is 12.0 Å². The van der Waals surface area contributed by atoms with E-state index in [1.54, 1.807) is 0 Å². The summed E-state index contributed by atoms with van der Waals surface area (Å²) in [4.78, 5) is 11.6. The topological polar surface area (TPSA) is 55.1 Å². The second-order valence-corrected chi connectivity index (χ2v) is 5.18. The number of carbonyl (C=O) groups is 1. The second-order valence-electron chi connectivity index (χ2n) is 5.18. The molecule has 0 spiro atoms. The van der Waals surface area contributed by atoms with Crippen molar-refractivity contribution in [2.75, 3.05) is 6.54 Å². The zero-order valence-electron chi connectivity index (χ0n) is 10.4. The van der Waals surface area contributed by atoms with Crippen molar-refractivity contribution < 1.29 is 4.79 Å². The van der Waals surface area contributed by atoms with E-state index in [4.69, 9.17) is 5.73 Å². The van der Waals surface area contributed by atoms with E-state index < -0.39 is 0 Å². The Balaban J connectivity index is 0.00000225. The monoisotopic (exact) mass is 248 g/mol. The van der Waals surface area contributed by atoms with Crippen molar-refractivity contribution in [1.29, 1.82) is 0 Å². The van der Waals surface area contributed by atoms with Crippen molar-refractivity contribution in [2.24, 2.45) is 11.7 Å². The molecule has 1 saturated carbocycles. The summed E-state index contributed by atoms with van der Waals surface area (Å²) < 4.78 is 0. The van der Waals surface area contributed by atoms with Crippen molar-refractivity contribution >= 4 is 18.3 Å². The Morgan fingerprint density at radius 1 is 1.44 bits per heavy atom. The van der Waals surface area contributed by atoms with Gasteiger partial charge in [-0.05, 0) is 51.5 Å². The zero-order chi connectivity index (χ0) is 11.3. The van der Waals surface area contributed by atoms with Crippen LogP contribution in [0.1, 0.15) is 52.4 Å². The zero-order valence-corrected chi connectivity index (χ0v) is 11.2. The van der Waals surface area contributed by atoms with Crippen LogP contribution in [0.2, 0.25) is 0 Å². The number of amides is 1. The molecule has 1 fully saturated rings. The summed E-state index contributed by atoms with van der Waals surface area (Å²) in [5.74, 6) is 0.983. The molecule has 16 heavy (non-hydrogen) atoms. The number of halogens is 1. The Hall–Kier alpha value is -0.280. The first-order chi connectivity index (χ1) is 7.06. The van der Waals surface area contributed by atoms with Crippen LogP contribution in [0.3, 0.4) is 0 Å². The molecule has 1 amide bonds. The Kier molecular flexibility index (Phi) is 7.00. The lowest BCUT2D eigenvalue weighted by molar-refractivity contribution is -0.123. The summed E-state index contributed by atoms with van der Waals surface area (Å²) in [6, 6.07) is 0. The van der Waals surface area contributed by atoms with Gasteiger partial charge >= 0.3 is 0 Å². The largest absolute Gasteiger partial charge is 0.351 e. The summed E-state index contributed by atoms with van der Waals surface area (Å²) in [6.07, 6.45) is 6.05. The molecule has 1 rings (SSSR count). The minimum absolute atomic E-state index is 0. The van der Waals surface area contributed by atoms with Crippen LogP contribution < -0.4 is 11.1 Å². The Morgan fingerprint density at radius 3 is 2.50 bits per heavy atom. The van der Waals surface area contributed by atoms with Crippen LogP contribution in [0.25, 0.3) is 0 Å². The van der Waals surface area contributed by atoms with Crippen molar-refractivity contribution in [3.05, 3.63) is 0 Å². The van der Waals surface area contributed by atoms with Crippen molar-refractivity contribution in [3.63, 3.8) is 0 Å². The summed E-state index contributed by atoms with van der Waals surface area (Å²) in [6.45, 7) is 5.05. The van der Waals surface area contributed by atoms with Crippen LogP contribution in [-0.4, -0.2) is 18.0 Å². The maximum atomic E-state index is 11.6. The SMILES string of the molecule is CC1CCC(C)(NC(=O)CCCN)CC1.Cl. The molecule has 0 unspecified atom stereocenters. The number of nitrogens with two attached hydrogens (primary N) is 1. The van der Waals surface area contributed by atoms with E-state index >= 15 is 0 Å². The molecular formula is C12H25ClN2O. The quantitative estimate of drug-likeness (QED) is 0.802. The summed E-state index contributed by atoms with van der Waals surface area (Å²) in [7, 11) is 0. The molecule has 0 saturated heterocycles. The van der Waals surface area contributed by atoms with E-state index in [1.807, 2.05) is 0 Å². The van der Waals surface area contributed by atoms with Crippen LogP contribution >= 0.6 is 12.4 Å². The lowest BCUT2D eigenvalue weighted by Crippen LogP contribution is -2.48. The highest BCUT2D eigenvalue weighted by Crippen LogP contribution is 2.31. The Bertz CT molecular complexity index is 213. The van der Waals surface area contributed by atoms with Crippen molar-refractivity contribution in [3.8, 4) is 0 Å². The molecule has 4 heteroatoms. The van der Waals surface area contributed by atoms with Gasteiger partial charge in [-0.2, -0.15) is 0 Å². The third kappa shape index (κ3) is 5.17. The van der Waals surface area contributed by atoms with E-state index in [9.17, 15) is 4.79 Å². The molecule has 3 nitrogen and oxygen atoms in total. The number of nitrogens with one attached hydrogen (secondary N) is 1. The maximum Gasteiger partial charge on any atom is 0.220 e. The van der Waals surface area contributed by atoms with Gasteiger partial charge in [-0.25, -0.2) is 0 Å². The minimum Gasteiger partial charge on any atom is -0.351 e. The van der Waals surface area contributed by atoms with Crippen molar-refractivity contribution in [1.82, 2.24) is 5.32 Å². The molecular weight excluding hydrogens is 224 g/mol. The fraction of sp³-hybridized carbons (Fsp3) is 0.917. The molecule has 0 atom stereocenters. The molecule has 1 aliphatic rings. The lowest BCUT2D eigenvalue weighted by atomic mass is 9.78. The highest BCUT2D eigenvalue weighted by molar-refractivity contribution is 5.85. The van der Waals surface area contributed by atoms with Gasteiger partial charge < -0.3 is 11.1 Å². The maximum absolute atomic E-state index is 11.6. The summed E-state index contributed by atoms with van der Waals surface area (Å²) in [5, 5.41) is 3.16. The van der Waals surface area contributed by atoms with Crippen LogP contribution in [-0.2, 0) is 4.79 Å². The second kappa shape index (κ2) is 7.13. The predicted octanol–water partition coefficient (Wildman–Crippen LogP) is 2.23. The molecule has 0 aromatic heterocycles. The van der Waals surface area contributed by atoms with Crippen LogP contribution in [0.4, 0.5) is 0 Å². The average Bonchev–Trinajstić information content (AvgIpc) is 2.20. The molecule has 0 aliphatic heterocycles. The van der Waals surface area contributed by atoms with E-state index in [0.717, 1.165) is 25.2 Å². The minimum atomic E-state index is 0. The van der Waals surface area contributed by atoms with Crippen LogP contribution in [0, 0.1) is 5.92 Å². The normalized spacial score (nSPS) is 29.3. The highest BCUT2D eigenvalue weighted by atomic mass is 35.5. The first-order valence-electron chi connectivity index (χ1n) is 6.07. The summed E-state index contributed by atoms with van der Waals surface area (Å²) in [5.41, 5.74) is 5.42. The molecule has 0 heterocycles. The predicted molar refractivity (Wildman–Crippen MR) is 69.7 cm³/mol. The Labute approximate surface area is 105 Å². The molecule has 96 valence electrons. The van der Waals surface area contributed by atoms with E-state index in [1.165, 1.54) is 12.8 Å². The first-order valence-corrected chi connectivity index (χ1v) is 6.07. The average molecular weight is 249 g/mol. The standard InChI is InChI=1S/C12H24N2O.ClH/c1-10-5-7-12(2,8-6-10)14-11(15)4-3-9-13;/h10H,3-9,13H2,1-2H3,(H,14,15);1H. The van der Waals surface area contributed by atoms with Gasteiger partial charge in [-0.1, -0.05) is 6.92 Å². The van der Waals surface area contributed by atoms with Gasteiger partial charge in [0.25, 0.3) is 0 Å². The van der Waals surface area contributed by atoms with Gasteiger partial charge in [0.15, 0.2) is 0 Å².